The fourth-order valence-electron chi connectivity index (χ4n) is 1.20. The Kier molecular flexibility index (Phi) is 3.58. The molecule has 0 atom stereocenters. The molecule has 0 aliphatic heterocycles. The van der Waals surface area contributed by atoms with Crippen LogP contribution in [0.5, 0.6) is 6.01 Å². The highest BCUT2D eigenvalue weighted by molar-refractivity contribution is 9.10. The van der Waals surface area contributed by atoms with Crippen molar-refractivity contribution in [1.29, 1.82) is 0 Å². The standard InChI is InChI=1S/C10H11BrN4OS/c1-5(2)16-10-14-8(13-9(12)15-10)6-3-17-4-7(6)11/h3-5H,1-2H3,(H2,12,13,14,15). The van der Waals surface area contributed by atoms with Gasteiger partial charge in [-0.1, -0.05) is 0 Å². The minimum Gasteiger partial charge on any atom is -0.461 e. The maximum absolute atomic E-state index is 5.64. The van der Waals surface area contributed by atoms with Crippen LogP contribution in [-0.4, -0.2) is 21.1 Å². The van der Waals surface area contributed by atoms with Crippen molar-refractivity contribution in [2.24, 2.45) is 0 Å². The second-order valence-electron chi connectivity index (χ2n) is 3.60. The van der Waals surface area contributed by atoms with Crippen LogP contribution >= 0.6 is 27.3 Å². The monoisotopic (exact) mass is 314 g/mol. The molecule has 2 aromatic rings. The zero-order chi connectivity index (χ0) is 12.4. The molecule has 0 aromatic carbocycles. The molecule has 2 rings (SSSR count). The lowest BCUT2D eigenvalue weighted by Crippen LogP contribution is -2.11. The summed E-state index contributed by atoms with van der Waals surface area (Å²) in [5.41, 5.74) is 6.52. The lowest BCUT2D eigenvalue weighted by atomic mass is 10.3. The van der Waals surface area contributed by atoms with E-state index < -0.39 is 0 Å². The molecule has 0 aliphatic rings. The molecular formula is C10H11BrN4OS. The van der Waals surface area contributed by atoms with Gasteiger partial charge in [-0.3, -0.25) is 0 Å². The fourth-order valence-corrected chi connectivity index (χ4v) is 2.65. The van der Waals surface area contributed by atoms with E-state index in [1.54, 1.807) is 11.3 Å². The summed E-state index contributed by atoms with van der Waals surface area (Å²) in [6.45, 7) is 3.81. The zero-order valence-corrected chi connectivity index (χ0v) is 11.7. The highest BCUT2D eigenvalue weighted by atomic mass is 79.9. The first-order valence-electron chi connectivity index (χ1n) is 4.96. The molecule has 0 fully saturated rings. The molecule has 0 saturated carbocycles. The van der Waals surface area contributed by atoms with Gasteiger partial charge < -0.3 is 10.5 Å². The van der Waals surface area contributed by atoms with Crippen molar-refractivity contribution in [3.8, 4) is 17.4 Å². The van der Waals surface area contributed by atoms with Gasteiger partial charge in [0.1, 0.15) is 0 Å². The zero-order valence-electron chi connectivity index (χ0n) is 9.35. The molecule has 7 heteroatoms. The molecule has 2 heterocycles. The molecule has 17 heavy (non-hydrogen) atoms. The molecule has 2 N–H and O–H groups in total. The number of anilines is 1. The molecule has 0 radical (unpaired) electrons. The average molecular weight is 315 g/mol. The van der Waals surface area contributed by atoms with Gasteiger partial charge in [-0.2, -0.15) is 26.3 Å². The van der Waals surface area contributed by atoms with Crippen LogP contribution in [0.2, 0.25) is 0 Å². The van der Waals surface area contributed by atoms with Crippen LogP contribution in [-0.2, 0) is 0 Å². The summed E-state index contributed by atoms with van der Waals surface area (Å²) in [6.07, 6.45) is -0.00411. The van der Waals surface area contributed by atoms with E-state index in [1.807, 2.05) is 24.6 Å². The number of ether oxygens (including phenoxy) is 1. The lowest BCUT2D eigenvalue weighted by molar-refractivity contribution is 0.222. The molecule has 0 unspecified atom stereocenters. The van der Waals surface area contributed by atoms with E-state index in [1.165, 1.54) is 0 Å². The van der Waals surface area contributed by atoms with Crippen LogP contribution in [0, 0.1) is 0 Å². The molecule has 0 saturated heterocycles. The molecule has 5 nitrogen and oxygen atoms in total. The third kappa shape index (κ3) is 2.92. The maximum Gasteiger partial charge on any atom is 0.322 e. The van der Waals surface area contributed by atoms with Crippen LogP contribution in [0.3, 0.4) is 0 Å². The van der Waals surface area contributed by atoms with E-state index in [9.17, 15) is 0 Å². The van der Waals surface area contributed by atoms with Crippen molar-refractivity contribution < 1.29 is 4.74 Å². The first-order valence-corrected chi connectivity index (χ1v) is 6.70. The molecule has 0 amide bonds. The van der Waals surface area contributed by atoms with E-state index in [0.717, 1.165) is 10.0 Å². The van der Waals surface area contributed by atoms with Gasteiger partial charge in [0.15, 0.2) is 5.82 Å². The predicted octanol–water partition coefficient (Wildman–Crippen LogP) is 2.73. The molecule has 0 spiro atoms. The lowest BCUT2D eigenvalue weighted by Gasteiger charge is -2.08. The summed E-state index contributed by atoms with van der Waals surface area (Å²) in [4.78, 5) is 12.3. The average Bonchev–Trinajstić information content (AvgIpc) is 2.62. The number of nitrogens with zero attached hydrogens (tertiary/aromatic N) is 3. The Hall–Kier alpha value is -1.21. The Balaban J connectivity index is 2.42. The highest BCUT2D eigenvalue weighted by Crippen LogP contribution is 2.30. The Bertz CT molecular complexity index is 529. The number of aromatic nitrogens is 3. The van der Waals surface area contributed by atoms with E-state index in [2.05, 4.69) is 30.9 Å². The number of rotatable bonds is 3. The van der Waals surface area contributed by atoms with Gasteiger partial charge in [-0.15, -0.1) is 0 Å². The molecule has 0 aliphatic carbocycles. The van der Waals surface area contributed by atoms with Crippen LogP contribution in [0.1, 0.15) is 13.8 Å². The van der Waals surface area contributed by atoms with Crippen molar-refractivity contribution in [1.82, 2.24) is 15.0 Å². The van der Waals surface area contributed by atoms with E-state index in [-0.39, 0.29) is 18.1 Å². The van der Waals surface area contributed by atoms with Gasteiger partial charge in [0.05, 0.1) is 6.10 Å². The Morgan fingerprint density at radius 2 is 2.06 bits per heavy atom. The van der Waals surface area contributed by atoms with Crippen molar-refractivity contribution in [2.45, 2.75) is 20.0 Å². The summed E-state index contributed by atoms with van der Waals surface area (Å²) >= 11 is 4.99. The fraction of sp³-hybridized carbons (Fsp3) is 0.300. The number of hydrogen-bond acceptors (Lipinski definition) is 6. The van der Waals surface area contributed by atoms with Gasteiger partial charge in [0, 0.05) is 20.8 Å². The highest BCUT2D eigenvalue weighted by Gasteiger charge is 2.12. The van der Waals surface area contributed by atoms with Crippen molar-refractivity contribution >= 4 is 33.2 Å². The van der Waals surface area contributed by atoms with Crippen LogP contribution in [0.4, 0.5) is 5.95 Å². The minimum atomic E-state index is -0.00411. The quantitative estimate of drug-likeness (QED) is 0.942. The van der Waals surface area contributed by atoms with Crippen molar-refractivity contribution in [3.63, 3.8) is 0 Å². The SMILES string of the molecule is CC(C)Oc1nc(N)nc(-c2cscc2Br)n1. The number of thiophene rings is 1. The van der Waals surface area contributed by atoms with Gasteiger partial charge in [0.2, 0.25) is 5.95 Å². The van der Waals surface area contributed by atoms with Gasteiger partial charge >= 0.3 is 6.01 Å². The largest absolute Gasteiger partial charge is 0.461 e. The smallest absolute Gasteiger partial charge is 0.322 e. The first-order chi connectivity index (χ1) is 8.06. The van der Waals surface area contributed by atoms with Gasteiger partial charge in [-0.05, 0) is 29.8 Å². The van der Waals surface area contributed by atoms with Crippen molar-refractivity contribution in [3.05, 3.63) is 15.2 Å². The van der Waals surface area contributed by atoms with E-state index in [4.69, 9.17) is 10.5 Å². The Morgan fingerprint density at radius 1 is 1.29 bits per heavy atom. The number of halogens is 1. The van der Waals surface area contributed by atoms with Crippen molar-refractivity contribution in [2.75, 3.05) is 5.73 Å². The van der Waals surface area contributed by atoms with Gasteiger partial charge in [0.25, 0.3) is 0 Å². The summed E-state index contributed by atoms with van der Waals surface area (Å²) in [6, 6.07) is 0.251. The number of nitrogen functional groups attached to an aromatic ring is 1. The Labute approximate surface area is 111 Å². The summed E-state index contributed by atoms with van der Waals surface area (Å²) < 4.78 is 6.35. The predicted molar refractivity (Wildman–Crippen MR) is 71.0 cm³/mol. The topological polar surface area (TPSA) is 73.9 Å². The molecule has 90 valence electrons. The second kappa shape index (κ2) is 4.97. The minimum absolute atomic E-state index is 0.00411. The second-order valence-corrected chi connectivity index (χ2v) is 5.20. The summed E-state index contributed by atoms with van der Waals surface area (Å²) in [7, 11) is 0. The molecular weight excluding hydrogens is 304 g/mol. The van der Waals surface area contributed by atoms with Crippen LogP contribution in [0.25, 0.3) is 11.4 Å². The van der Waals surface area contributed by atoms with Crippen LogP contribution in [0.15, 0.2) is 15.2 Å². The first kappa shape index (κ1) is 12.3. The van der Waals surface area contributed by atoms with Gasteiger partial charge in [-0.25, -0.2) is 0 Å². The number of hydrogen-bond donors (Lipinski definition) is 1. The normalized spacial score (nSPS) is 10.8. The maximum atomic E-state index is 5.64. The third-order valence-electron chi connectivity index (χ3n) is 1.83. The third-order valence-corrected chi connectivity index (χ3v) is 3.53. The molecule has 0 bridgehead atoms. The van der Waals surface area contributed by atoms with E-state index >= 15 is 0 Å². The summed E-state index contributed by atoms with van der Waals surface area (Å²) in [5, 5.41) is 3.90. The van der Waals surface area contributed by atoms with Crippen LogP contribution < -0.4 is 10.5 Å². The Morgan fingerprint density at radius 3 is 2.65 bits per heavy atom. The number of nitrogens with two attached hydrogens (primary N) is 1. The molecule has 2 aromatic heterocycles. The summed E-state index contributed by atoms with van der Waals surface area (Å²) in [5.74, 6) is 0.671. The van der Waals surface area contributed by atoms with E-state index in [0.29, 0.717) is 5.82 Å².